The van der Waals surface area contributed by atoms with Gasteiger partial charge in [0.1, 0.15) is 0 Å². The van der Waals surface area contributed by atoms with Crippen LogP contribution in [-0.2, 0) is 4.79 Å². The fraction of sp³-hybridized carbons (Fsp3) is 0.417. The molecule has 1 aromatic carbocycles. The number of benzene rings is 1. The van der Waals surface area contributed by atoms with Gasteiger partial charge in [-0.25, -0.2) is 0 Å². The second-order valence-corrected chi connectivity index (χ2v) is 4.04. The molecule has 2 nitrogen and oxygen atoms in total. The molecular weight excluding hydrogens is 208 g/mol. The highest BCUT2D eigenvalue weighted by molar-refractivity contribution is 8.00. The van der Waals surface area contributed by atoms with E-state index in [0.29, 0.717) is 0 Å². The van der Waals surface area contributed by atoms with Gasteiger partial charge in [-0.15, -0.1) is 11.8 Å². The normalized spacial score (nSPS) is 8.93. The van der Waals surface area contributed by atoms with Crippen LogP contribution in [0, 0.1) is 0 Å². The number of aliphatic carboxylic acids is 1. The van der Waals surface area contributed by atoms with E-state index in [9.17, 15) is 4.79 Å². The van der Waals surface area contributed by atoms with Crippen molar-refractivity contribution < 1.29 is 9.90 Å². The van der Waals surface area contributed by atoms with E-state index in [0.717, 1.165) is 4.90 Å². The summed E-state index contributed by atoms with van der Waals surface area (Å²) in [5, 5.41) is 8.35. The van der Waals surface area contributed by atoms with Crippen LogP contribution in [0.15, 0.2) is 35.2 Å². The maximum absolute atomic E-state index is 10.2. The minimum atomic E-state index is -0.779. The highest BCUT2D eigenvalue weighted by atomic mass is 32.2. The van der Waals surface area contributed by atoms with Gasteiger partial charge in [-0.2, -0.15) is 0 Å². The van der Waals surface area contributed by atoms with Gasteiger partial charge in [-0.05, 0) is 12.1 Å². The molecular formula is C12H18O2S. The number of carboxylic acid groups (broad SMARTS) is 1. The monoisotopic (exact) mass is 226 g/mol. The summed E-state index contributed by atoms with van der Waals surface area (Å²) in [4.78, 5) is 11.1. The first kappa shape index (κ1) is 14.0. The van der Waals surface area contributed by atoms with Crippen LogP contribution in [0.5, 0.6) is 0 Å². The van der Waals surface area contributed by atoms with E-state index in [1.807, 2.05) is 30.3 Å². The third-order valence-electron chi connectivity index (χ3n) is 1.61. The second-order valence-electron chi connectivity index (χ2n) is 3.00. The summed E-state index contributed by atoms with van der Waals surface area (Å²) in [6, 6.07) is 9.49. The predicted octanol–water partition coefficient (Wildman–Crippen LogP) is 3.67. The number of hydrogen-bond acceptors (Lipinski definition) is 2. The van der Waals surface area contributed by atoms with Crippen LogP contribution in [0.4, 0.5) is 0 Å². The lowest BCUT2D eigenvalue weighted by molar-refractivity contribution is -0.133. The van der Waals surface area contributed by atoms with E-state index >= 15 is 0 Å². The fourth-order valence-corrected chi connectivity index (χ4v) is 1.30. The first-order valence-corrected chi connectivity index (χ1v) is 6.08. The van der Waals surface area contributed by atoms with Crippen molar-refractivity contribution in [1.82, 2.24) is 0 Å². The molecule has 3 heteroatoms. The van der Waals surface area contributed by atoms with Crippen LogP contribution >= 0.6 is 11.8 Å². The van der Waals surface area contributed by atoms with Gasteiger partial charge in [0.15, 0.2) is 0 Å². The lowest BCUT2D eigenvalue weighted by Gasteiger charge is -1.95. The Morgan fingerprint density at radius 1 is 1.20 bits per heavy atom. The Morgan fingerprint density at radius 2 is 1.73 bits per heavy atom. The van der Waals surface area contributed by atoms with Gasteiger partial charge in [0, 0.05) is 4.90 Å². The highest BCUT2D eigenvalue weighted by Gasteiger charge is 1.97. The Morgan fingerprint density at radius 3 is 2.13 bits per heavy atom. The molecule has 0 aliphatic heterocycles. The lowest BCUT2D eigenvalue weighted by Crippen LogP contribution is -1.96. The SMILES string of the molecule is CCCC.O=C(O)CSc1ccccc1. The van der Waals surface area contributed by atoms with Gasteiger partial charge in [0.2, 0.25) is 0 Å². The van der Waals surface area contributed by atoms with Crippen molar-refractivity contribution in [2.24, 2.45) is 0 Å². The Balaban J connectivity index is 0.000000423. The molecule has 15 heavy (non-hydrogen) atoms. The van der Waals surface area contributed by atoms with Gasteiger partial charge in [-0.3, -0.25) is 4.79 Å². The van der Waals surface area contributed by atoms with Crippen molar-refractivity contribution in [3.05, 3.63) is 30.3 Å². The average molecular weight is 226 g/mol. The molecule has 0 saturated heterocycles. The number of hydrogen-bond donors (Lipinski definition) is 1. The molecule has 0 aromatic heterocycles. The zero-order valence-corrected chi connectivity index (χ0v) is 10.1. The molecule has 0 aliphatic rings. The first-order valence-electron chi connectivity index (χ1n) is 5.10. The second kappa shape index (κ2) is 9.59. The van der Waals surface area contributed by atoms with Crippen LogP contribution in [0.1, 0.15) is 26.7 Å². The van der Waals surface area contributed by atoms with Crippen LogP contribution in [0.25, 0.3) is 0 Å². The highest BCUT2D eigenvalue weighted by Crippen LogP contribution is 2.15. The van der Waals surface area contributed by atoms with Gasteiger partial charge < -0.3 is 5.11 Å². The summed E-state index contributed by atoms with van der Waals surface area (Å²) in [5.41, 5.74) is 0. The molecule has 0 spiro atoms. The smallest absolute Gasteiger partial charge is 0.313 e. The lowest BCUT2D eigenvalue weighted by atomic mass is 10.4. The molecule has 0 unspecified atom stereocenters. The van der Waals surface area contributed by atoms with E-state index in [2.05, 4.69) is 13.8 Å². The Kier molecular flexibility index (Phi) is 8.98. The zero-order chi connectivity index (χ0) is 11.5. The van der Waals surface area contributed by atoms with Crippen LogP contribution in [-0.4, -0.2) is 16.8 Å². The molecule has 84 valence electrons. The van der Waals surface area contributed by atoms with Crippen LogP contribution in [0.2, 0.25) is 0 Å². The maximum atomic E-state index is 10.2. The number of unbranched alkanes of at least 4 members (excludes halogenated alkanes) is 1. The quantitative estimate of drug-likeness (QED) is 0.796. The minimum Gasteiger partial charge on any atom is -0.481 e. The molecule has 1 rings (SSSR count). The summed E-state index contributed by atoms with van der Waals surface area (Å²) in [6.07, 6.45) is 2.64. The minimum absolute atomic E-state index is 0.129. The molecule has 0 radical (unpaired) electrons. The van der Waals surface area contributed by atoms with Gasteiger partial charge in [0.05, 0.1) is 5.75 Å². The number of carboxylic acids is 1. The van der Waals surface area contributed by atoms with Crippen molar-refractivity contribution in [3.63, 3.8) is 0 Å². The van der Waals surface area contributed by atoms with Crippen molar-refractivity contribution in [3.8, 4) is 0 Å². The third kappa shape index (κ3) is 9.35. The van der Waals surface area contributed by atoms with Crippen LogP contribution in [0.3, 0.4) is 0 Å². The summed E-state index contributed by atoms with van der Waals surface area (Å²) < 4.78 is 0. The standard InChI is InChI=1S/C8H8O2S.C4H10/c9-8(10)6-11-7-4-2-1-3-5-7;1-3-4-2/h1-5H,6H2,(H,9,10);3-4H2,1-2H3. The van der Waals surface area contributed by atoms with Crippen molar-refractivity contribution in [2.75, 3.05) is 5.75 Å². The zero-order valence-electron chi connectivity index (χ0n) is 9.27. The topological polar surface area (TPSA) is 37.3 Å². The van der Waals surface area contributed by atoms with E-state index < -0.39 is 5.97 Å². The molecule has 0 aliphatic carbocycles. The van der Waals surface area contributed by atoms with Crippen molar-refractivity contribution in [2.45, 2.75) is 31.6 Å². The third-order valence-corrected chi connectivity index (χ3v) is 2.60. The van der Waals surface area contributed by atoms with E-state index in [1.165, 1.54) is 24.6 Å². The number of carbonyl (C=O) groups is 1. The summed E-state index contributed by atoms with van der Waals surface area (Å²) in [5.74, 6) is -0.650. The summed E-state index contributed by atoms with van der Waals surface area (Å²) in [7, 11) is 0. The fourth-order valence-electron chi connectivity index (χ4n) is 0.662. The first-order chi connectivity index (χ1) is 7.20. The molecule has 0 saturated carbocycles. The molecule has 0 amide bonds. The Hall–Kier alpha value is -0.960. The van der Waals surface area contributed by atoms with Crippen molar-refractivity contribution in [1.29, 1.82) is 0 Å². The molecule has 1 N–H and O–H groups in total. The maximum Gasteiger partial charge on any atom is 0.313 e. The molecule has 0 heterocycles. The van der Waals surface area contributed by atoms with Crippen LogP contribution < -0.4 is 0 Å². The average Bonchev–Trinajstić information content (AvgIpc) is 2.28. The van der Waals surface area contributed by atoms with Gasteiger partial charge >= 0.3 is 5.97 Å². The van der Waals surface area contributed by atoms with E-state index in [1.54, 1.807) is 0 Å². The van der Waals surface area contributed by atoms with E-state index in [4.69, 9.17) is 5.11 Å². The van der Waals surface area contributed by atoms with Gasteiger partial charge in [-0.1, -0.05) is 44.9 Å². The number of rotatable bonds is 4. The van der Waals surface area contributed by atoms with Gasteiger partial charge in [0.25, 0.3) is 0 Å². The molecule has 0 fully saturated rings. The molecule has 0 atom stereocenters. The van der Waals surface area contributed by atoms with Crippen molar-refractivity contribution >= 4 is 17.7 Å². The largest absolute Gasteiger partial charge is 0.481 e. The Labute approximate surface area is 95.7 Å². The number of thioether (sulfide) groups is 1. The molecule has 1 aromatic rings. The summed E-state index contributed by atoms with van der Waals surface area (Å²) in [6.45, 7) is 4.36. The Bertz CT molecular complexity index is 258. The van der Waals surface area contributed by atoms with E-state index in [-0.39, 0.29) is 5.75 Å². The predicted molar refractivity (Wildman–Crippen MR) is 65.4 cm³/mol. The summed E-state index contributed by atoms with van der Waals surface area (Å²) >= 11 is 1.33. The molecule has 0 bridgehead atoms.